The lowest BCUT2D eigenvalue weighted by atomic mass is 9.75. The van der Waals surface area contributed by atoms with Crippen LogP contribution in [0.2, 0.25) is 0 Å². The summed E-state index contributed by atoms with van der Waals surface area (Å²) < 4.78 is 8.71. The predicted molar refractivity (Wildman–Crippen MR) is 170 cm³/mol. The van der Waals surface area contributed by atoms with Crippen molar-refractivity contribution in [1.29, 1.82) is 0 Å². The molecule has 2 aliphatic rings. The van der Waals surface area contributed by atoms with Crippen LogP contribution in [0.15, 0.2) is 48.5 Å². The summed E-state index contributed by atoms with van der Waals surface area (Å²) in [6.07, 6.45) is 10.2. The Bertz CT molecular complexity index is 1270. The Kier molecular flexibility index (Phi) is 9.72. The van der Waals surface area contributed by atoms with E-state index in [0.717, 1.165) is 61.2 Å². The minimum Gasteiger partial charge on any atom is -0.461 e. The largest absolute Gasteiger partial charge is 0.461 e. The van der Waals surface area contributed by atoms with Crippen LogP contribution in [0, 0.1) is 23.7 Å². The van der Waals surface area contributed by atoms with Crippen molar-refractivity contribution in [3.8, 4) is 11.4 Å². The predicted octanol–water partition coefficient (Wildman–Crippen LogP) is 9.07. The molecule has 2 fully saturated rings. The molecule has 5 nitrogen and oxygen atoms in total. The first-order valence-electron chi connectivity index (χ1n) is 16.4. The van der Waals surface area contributed by atoms with Crippen LogP contribution < -0.4 is 4.90 Å². The number of imidazole rings is 1. The van der Waals surface area contributed by atoms with E-state index in [1.165, 1.54) is 37.8 Å². The number of unbranched alkanes of at least 4 members (excludes halogenated alkanes) is 2. The van der Waals surface area contributed by atoms with E-state index in [2.05, 4.69) is 86.6 Å². The first-order valence-corrected chi connectivity index (χ1v) is 16.4. The van der Waals surface area contributed by atoms with Crippen LogP contribution in [0.25, 0.3) is 22.4 Å². The average Bonchev–Trinajstić information content (AvgIpc) is 3.73. The molecule has 5 heteroatoms. The summed E-state index contributed by atoms with van der Waals surface area (Å²) in [5, 5.41) is 0. The molecule has 0 aliphatic heterocycles. The van der Waals surface area contributed by atoms with Crippen molar-refractivity contribution in [2.24, 2.45) is 23.7 Å². The number of hydrogen-bond acceptors (Lipinski definition) is 4. The quantitative estimate of drug-likeness (QED) is 0.197. The van der Waals surface area contributed by atoms with Crippen molar-refractivity contribution < 1.29 is 9.53 Å². The molecule has 3 aromatic rings. The highest BCUT2D eigenvalue weighted by molar-refractivity contribution is 5.85. The molecule has 1 aromatic heterocycles. The zero-order valence-electron chi connectivity index (χ0n) is 26.0. The molecule has 1 heterocycles. The smallest absolute Gasteiger partial charge is 0.329 e. The molecule has 222 valence electrons. The zero-order chi connectivity index (χ0) is 28.9. The molecule has 0 amide bonds. The van der Waals surface area contributed by atoms with Crippen molar-refractivity contribution in [2.45, 2.75) is 105 Å². The summed E-state index contributed by atoms with van der Waals surface area (Å²) in [5.74, 6) is 2.65. The van der Waals surface area contributed by atoms with E-state index >= 15 is 0 Å². The fourth-order valence-corrected chi connectivity index (χ4v) is 6.81. The first kappa shape index (κ1) is 29.7. The zero-order valence-corrected chi connectivity index (χ0v) is 26.0. The van der Waals surface area contributed by atoms with Gasteiger partial charge >= 0.3 is 5.97 Å². The normalized spacial score (nSPS) is 21.8. The molecule has 41 heavy (non-hydrogen) atoms. The number of fused-ring (bicyclic) bond motifs is 1. The van der Waals surface area contributed by atoms with E-state index in [9.17, 15) is 4.79 Å². The lowest BCUT2D eigenvalue weighted by Gasteiger charge is -2.37. The maximum Gasteiger partial charge on any atom is 0.329 e. The van der Waals surface area contributed by atoms with Crippen LogP contribution in [0.4, 0.5) is 5.69 Å². The molecule has 0 N–H and O–H groups in total. The Labute approximate surface area is 247 Å². The number of carbonyl (C=O) groups excluding carboxylic acids is 1. The van der Waals surface area contributed by atoms with Crippen LogP contribution in [-0.4, -0.2) is 34.7 Å². The van der Waals surface area contributed by atoms with Gasteiger partial charge < -0.3 is 14.2 Å². The second kappa shape index (κ2) is 13.4. The number of anilines is 1. The summed E-state index contributed by atoms with van der Waals surface area (Å²) >= 11 is 0. The van der Waals surface area contributed by atoms with E-state index < -0.39 is 0 Å². The Morgan fingerprint density at radius 2 is 1.66 bits per heavy atom. The highest BCUT2D eigenvalue weighted by Crippen LogP contribution is 2.45. The number of aromatic nitrogens is 2. The van der Waals surface area contributed by atoms with E-state index in [1.807, 2.05) is 6.07 Å². The van der Waals surface area contributed by atoms with E-state index in [4.69, 9.17) is 9.72 Å². The van der Waals surface area contributed by atoms with Gasteiger partial charge in [0.1, 0.15) is 18.0 Å². The van der Waals surface area contributed by atoms with Crippen LogP contribution >= 0.6 is 0 Å². The van der Waals surface area contributed by atoms with Crippen molar-refractivity contribution in [1.82, 2.24) is 9.55 Å². The van der Waals surface area contributed by atoms with Gasteiger partial charge in [0.2, 0.25) is 0 Å². The lowest BCUT2D eigenvalue weighted by Crippen LogP contribution is -2.38. The van der Waals surface area contributed by atoms with E-state index in [-0.39, 0.29) is 18.1 Å². The molecule has 2 aromatic carbocycles. The molecule has 5 rings (SSSR count). The van der Waals surface area contributed by atoms with Crippen LogP contribution in [0.5, 0.6) is 0 Å². The third-order valence-corrected chi connectivity index (χ3v) is 9.47. The number of hydrogen-bond donors (Lipinski definition) is 0. The van der Waals surface area contributed by atoms with Gasteiger partial charge in [-0.2, -0.15) is 0 Å². The molecule has 0 bridgehead atoms. The summed E-state index contributed by atoms with van der Waals surface area (Å²) in [5.41, 5.74) is 4.28. The fourth-order valence-electron chi connectivity index (χ4n) is 6.81. The van der Waals surface area contributed by atoms with Gasteiger partial charge in [0.15, 0.2) is 0 Å². The summed E-state index contributed by atoms with van der Waals surface area (Å²) in [6, 6.07) is 16.8. The van der Waals surface area contributed by atoms with Gasteiger partial charge in [-0.25, -0.2) is 9.78 Å². The third kappa shape index (κ3) is 6.81. The van der Waals surface area contributed by atoms with Gasteiger partial charge in [0, 0.05) is 24.3 Å². The summed E-state index contributed by atoms with van der Waals surface area (Å²) in [7, 11) is 0. The maximum atomic E-state index is 14.2. The number of esters is 1. The van der Waals surface area contributed by atoms with Gasteiger partial charge in [0.25, 0.3) is 0 Å². The van der Waals surface area contributed by atoms with Gasteiger partial charge in [-0.3, -0.25) is 0 Å². The number of rotatable bonds is 13. The monoisotopic (exact) mass is 557 g/mol. The van der Waals surface area contributed by atoms with Gasteiger partial charge in [-0.1, -0.05) is 66.0 Å². The van der Waals surface area contributed by atoms with Crippen LogP contribution in [0.1, 0.15) is 98.4 Å². The molecular weight excluding hydrogens is 506 g/mol. The Morgan fingerprint density at radius 3 is 2.29 bits per heavy atom. The lowest BCUT2D eigenvalue weighted by molar-refractivity contribution is -0.160. The highest BCUT2D eigenvalue weighted by atomic mass is 16.5. The molecule has 0 saturated heterocycles. The van der Waals surface area contributed by atoms with E-state index in [1.54, 1.807) is 0 Å². The highest BCUT2D eigenvalue weighted by Gasteiger charge is 2.43. The maximum absolute atomic E-state index is 14.2. The second-order valence-electron chi connectivity index (χ2n) is 13.1. The minimum absolute atomic E-state index is 0.00208. The SMILES string of the molecule is CCCCN(CCCC)c1ccc(-c2nc3ccccc3n2C(C(=O)O[C@@H]2CC(C)CCC2C(C)C)C2CC2)cc1. The van der Waals surface area contributed by atoms with E-state index in [0.29, 0.717) is 23.7 Å². The van der Waals surface area contributed by atoms with Crippen LogP contribution in [0.3, 0.4) is 0 Å². The van der Waals surface area contributed by atoms with Crippen molar-refractivity contribution >= 4 is 22.7 Å². The molecule has 4 atom stereocenters. The topological polar surface area (TPSA) is 47.4 Å². The number of nitrogens with zero attached hydrogens (tertiary/aromatic N) is 3. The van der Waals surface area contributed by atoms with Gasteiger partial charge in [-0.15, -0.1) is 0 Å². The average molecular weight is 558 g/mol. The van der Waals surface area contributed by atoms with Crippen molar-refractivity contribution in [2.75, 3.05) is 18.0 Å². The minimum atomic E-state index is -0.340. The number of carbonyl (C=O) groups is 1. The fraction of sp³-hybridized carbons (Fsp3) is 0.611. The molecule has 2 aliphatic carbocycles. The van der Waals surface area contributed by atoms with Gasteiger partial charge in [0.05, 0.1) is 11.0 Å². The summed E-state index contributed by atoms with van der Waals surface area (Å²) in [4.78, 5) is 21.8. The third-order valence-electron chi connectivity index (χ3n) is 9.47. The van der Waals surface area contributed by atoms with Crippen LogP contribution in [-0.2, 0) is 9.53 Å². The molecule has 0 spiro atoms. The second-order valence-corrected chi connectivity index (χ2v) is 13.1. The first-order chi connectivity index (χ1) is 19.9. The number of para-hydroxylation sites is 2. The Hall–Kier alpha value is -2.82. The molecule has 0 radical (unpaired) electrons. The van der Waals surface area contributed by atoms with Crippen molar-refractivity contribution in [3.05, 3.63) is 48.5 Å². The number of benzene rings is 2. The standard InChI is InChI=1S/C36H51N3O2/c1-6-8-22-38(23-9-7-2)29-19-17-28(18-20-29)35-37-31-12-10-11-13-32(31)39(35)34(27-15-16-27)36(40)41-33-24-26(5)14-21-30(33)25(3)4/h10-13,17-20,25-27,30,33-34H,6-9,14-16,21-24H2,1-5H3/t26?,30?,33-,34?/m1/s1. The van der Waals surface area contributed by atoms with Gasteiger partial charge in [-0.05, 0) is 98.6 Å². The number of ether oxygens (including phenoxy) is 1. The molecule has 2 saturated carbocycles. The van der Waals surface area contributed by atoms with Crippen molar-refractivity contribution in [3.63, 3.8) is 0 Å². The molecular formula is C36H51N3O2. The summed E-state index contributed by atoms with van der Waals surface area (Å²) in [6.45, 7) is 13.5. The molecule has 3 unspecified atom stereocenters. The Morgan fingerprint density at radius 1 is 0.976 bits per heavy atom. The Balaban J connectivity index is 1.48.